The van der Waals surface area contributed by atoms with Crippen LogP contribution < -0.4 is 52.8 Å². The number of rotatable bonds is 32. The van der Waals surface area contributed by atoms with Crippen molar-refractivity contribution in [3.05, 3.63) is 292 Å². The van der Waals surface area contributed by atoms with Gasteiger partial charge in [0.2, 0.25) is 12.1 Å². The molecule has 13 N–H and O–H groups in total. The number of carbonyl (C=O) groups excluding carboxylic acids is 3. The average Bonchev–Trinajstić information content (AvgIpc) is 1.79. The number of nitrogens with one attached hydrogen (secondary N) is 6. The number of aliphatic hydroxyl groups excluding tert-OH is 1. The number of ether oxygens (including phenoxy) is 6. The number of hydrogen-bond donors (Lipinski definition) is 11. The Kier molecular flexibility index (Phi) is 46.5. The third-order valence-electron chi connectivity index (χ3n) is 18.9. The number of alkyl halides is 18. The Morgan fingerprint density at radius 1 is 0.383 bits per heavy atom. The number of thiophene rings is 2. The van der Waals surface area contributed by atoms with E-state index in [0.717, 1.165) is 43.1 Å². The van der Waals surface area contributed by atoms with Crippen molar-refractivity contribution in [1.82, 2.24) is 29.1 Å². The molecule has 0 saturated heterocycles. The fourth-order valence-electron chi connectivity index (χ4n) is 12.2. The van der Waals surface area contributed by atoms with Crippen LogP contribution in [0, 0.1) is 17.6 Å². The molecule has 14 rings (SSSR count). The number of anilines is 8. The number of carbonyl (C=O) groups is 5. The molecule has 6 atom stereocenters. The predicted molar refractivity (Wildman–Crippen MR) is 521 cm³/mol. The first-order valence-corrected chi connectivity index (χ1v) is 45.6. The molecule has 1 amide bonds. The van der Waals surface area contributed by atoms with Gasteiger partial charge in [0.25, 0.3) is 6.29 Å². The number of aliphatic carboxylic acids is 2. The number of esters is 2. The molecule has 6 unspecified atom stereocenters. The number of para-hydroxylation sites is 6. The second kappa shape index (κ2) is 57.5. The van der Waals surface area contributed by atoms with E-state index < -0.39 is 140 Å². The van der Waals surface area contributed by atoms with Crippen LogP contribution in [0.4, 0.5) is 133 Å². The maximum absolute atomic E-state index is 14.9. The van der Waals surface area contributed by atoms with E-state index in [2.05, 4.69) is 70.8 Å². The first-order chi connectivity index (χ1) is 70.3. The van der Waals surface area contributed by atoms with E-state index in [-0.39, 0.29) is 66.4 Å². The number of benzene rings is 8. The summed E-state index contributed by atoms with van der Waals surface area (Å²) in [7, 11) is 3.78. The van der Waals surface area contributed by atoms with Crippen LogP contribution in [-0.4, -0.2) is 174 Å². The maximum atomic E-state index is 14.9. The van der Waals surface area contributed by atoms with Gasteiger partial charge >= 0.3 is 60.9 Å². The summed E-state index contributed by atoms with van der Waals surface area (Å²) < 4.78 is 290. The SMILES string of the molecule is CCOC(=O)C(C(=O)OCC)C(Nc1ccccc1)C(F)(F)F.CCOC(Nc1ccccc1)C(F)(F)F.CCOC(O)C(F)(F)F.Cn1cnc(-c2cc3nccc(Oc4ccc(N)cc4F)c3s2)c1.Cn1cnc(-c2cc3nccc(Oc4ccc(NC(=O)CC(Nc5ccccc5)C(F)(F)F)cc4F)c3s2)c1.Nc1ccccc1.O=C(O)CC(Nc1ccccc1)C(F)(F)F.O=C(O)CC(Nc1ccccc1)C(F)(F)F. The van der Waals surface area contributed by atoms with Crippen molar-refractivity contribution in [3.8, 4) is 44.1 Å². The number of carboxylic acid groups (broad SMARTS) is 2. The largest absolute Gasteiger partial charge is 0.481 e. The quantitative estimate of drug-likeness (QED) is 0.00613. The molecule has 8 aromatic carbocycles. The highest BCUT2D eigenvalue weighted by molar-refractivity contribution is 7.23. The Labute approximate surface area is 845 Å². The molecule has 0 fully saturated rings. The van der Waals surface area contributed by atoms with Gasteiger partial charge in [0.15, 0.2) is 29.1 Å². The summed E-state index contributed by atoms with van der Waals surface area (Å²) in [6.07, 6.45) is -24.9. The summed E-state index contributed by atoms with van der Waals surface area (Å²) in [5.41, 5.74) is 16.4. The lowest BCUT2D eigenvalue weighted by molar-refractivity contribution is -0.292. The fourth-order valence-corrected chi connectivity index (χ4v) is 14.3. The minimum absolute atomic E-state index is 0.000997. The van der Waals surface area contributed by atoms with E-state index in [1.807, 2.05) is 78.1 Å². The second-order valence-electron chi connectivity index (χ2n) is 30.6. The average molecular weight is 2150 g/mol. The van der Waals surface area contributed by atoms with E-state index in [0.29, 0.717) is 33.1 Å². The predicted octanol–water partition coefficient (Wildman–Crippen LogP) is 24.2. The van der Waals surface area contributed by atoms with Gasteiger partial charge in [0, 0.05) is 122 Å². The van der Waals surface area contributed by atoms with Gasteiger partial charge in [-0.1, -0.05) is 109 Å². The number of imidazole rings is 2. The van der Waals surface area contributed by atoms with Crippen LogP contribution in [-0.2, 0) is 57.0 Å². The minimum Gasteiger partial charge on any atom is -0.481 e. The number of hydrogen-bond acceptors (Lipinski definition) is 25. The zero-order chi connectivity index (χ0) is 110. The van der Waals surface area contributed by atoms with Crippen molar-refractivity contribution in [2.45, 2.75) is 121 Å². The van der Waals surface area contributed by atoms with E-state index in [1.54, 1.807) is 134 Å². The Hall–Kier alpha value is -15.6. The lowest BCUT2D eigenvalue weighted by Gasteiger charge is -2.27. The smallest absolute Gasteiger partial charge is 0.439 e. The number of aliphatic hydroxyl groups is 1. The molecule has 149 heavy (non-hydrogen) atoms. The van der Waals surface area contributed by atoms with Crippen molar-refractivity contribution in [1.29, 1.82) is 0 Å². The molecule has 6 heterocycles. The third kappa shape index (κ3) is 41.7. The van der Waals surface area contributed by atoms with Crippen LogP contribution in [0.2, 0.25) is 0 Å². The number of aryl methyl sites for hydroxylation is 2. The molecular formula is C99H98F20N14O14S2. The van der Waals surface area contributed by atoms with Gasteiger partial charge in [0.05, 0.1) is 86.7 Å². The molecule has 0 aliphatic rings. The highest BCUT2D eigenvalue weighted by Crippen LogP contribution is 2.43. The summed E-state index contributed by atoms with van der Waals surface area (Å²) in [5.74, 6) is -8.98. The second-order valence-corrected chi connectivity index (χ2v) is 32.7. The molecule has 14 aromatic rings. The van der Waals surface area contributed by atoms with Gasteiger partial charge < -0.3 is 96.2 Å². The van der Waals surface area contributed by atoms with Crippen molar-refractivity contribution < 1.29 is 156 Å². The van der Waals surface area contributed by atoms with Crippen LogP contribution in [0.5, 0.6) is 23.0 Å². The standard InChI is InChI=1S/C27H21F4N5O2S.C17H13FN4OS.C15H18F3NO4.2C10H10F3NO2.C10H12F3NO.C6H7N.C4H7F3O2/c1-36-14-20(33-15-36)23-12-19-26(39-23)22(9-10-32-19)38-21-8-7-17(11-18(21)28)35-25(37)13-24(27(29,30)31)34-16-5-3-2-4-6-16;1-22-8-13(21-9-22)16-7-12-17(24-16)15(4-5-20-12)23-14-3-2-10(19)6-11(14)18;1-3-22-13(20)11(14(21)23-4-2)12(15(16,17)18)19-10-8-6-5-7-9-10;2*11-10(12,13)8(6-9(15)16)14-7-4-2-1-3-5-7;1-2-15-9(10(11,12)13)14-8-6-4-3-5-7-8;7-6-4-2-1-3-5-6;1-2-9-3(8)4(5,6)7/h2-12,14-15,24,34H,13H2,1H3,(H,35,37);2-9H,19H2,1H3;5-9,11-12,19H,3-4H2,1-2H3;2*1-5,8,14H,6H2,(H,15,16);3-7,9,14H,2H2,1H3;1-5H,7H2;3,8H,2H2,1H3. The van der Waals surface area contributed by atoms with Gasteiger partial charge in [-0.3, -0.25) is 33.9 Å². The van der Waals surface area contributed by atoms with E-state index in [1.165, 1.54) is 135 Å². The Bertz CT molecular complexity index is 6360. The lowest BCUT2D eigenvalue weighted by atomic mass is 9.98. The molecule has 800 valence electrons. The fraction of sp³-hybridized carbons (Fsp3) is 0.263. The summed E-state index contributed by atoms with van der Waals surface area (Å²) in [6, 6.07) is 54.6. The van der Waals surface area contributed by atoms with Gasteiger partial charge in [-0.25, -0.2) is 18.7 Å². The lowest BCUT2D eigenvalue weighted by Crippen LogP contribution is -2.50. The molecule has 0 bridgehead atoms. The van der Waals surface area contributed by atoms with Gasteiger partial charge in [0.1, 0.15) is 35.7 Å². The van der Waals surface area contributed by atoms with Crippen LogP contribution >= 0.6 is 22.7 Å². The normalized spacial score (nSPS) is 12.5. The topological polar surface area (TPSA) is 387 Å². The number of amides is 1. The highest BCUT2D eigenvalue weighted by Gasteiger charge is 2.53. The zero-order valence-corrected chi connectivity index (χ0v) is 80.7. The molecule has 0 aliphatic carbocycles. The number of fused-ring (bicyclic) bond motifs is 2. The molecule has 0 spiro atoms. The minimum atomic E-state index is -4.86. The molecule has 0 radical (unpaired) electrons. The number of aromatic nitrogens is 6. The van der Waals surface area contributed by atoms with E-state index >= 15 is 0 Å². The highest BCUT2D eigenvalue weighted by atomic mass is 32.1. The van der Waals surface area contributed by atoms with Crippen LogP contribution in [0.25, 0.3) is 41.6 Å². The first kappa shape index (κ1) is 120. The number of pyridine rings is 2. The maximum Gasteiger partial charge on any atom is 0.439 e. The number of halogens is 20. The monoisotopic (exact) mass is 2150 g/mol. The molecular weight excluding hydrogens is 2050 g/mol. The summed E-state index contributed by atoms with van der Waals surface area (Å²) in [6.45, 7) is 5.32. The molecule has 6 aromatic heterocycles. The van der Waals surface area contributed by atoms with Gasteiger partial charge in [-0.15, -0.1) is 22.7 Å². The molecule has 0 saturated carbocycles. The third-order valence-corrected chi connectivity index (χ3v) is 21.2. The van der Waals surface area contributed by atoms with Crippen LogP contribution in [0.3, 0.4) is 0 Å². The number of nitrogens with zero attached hydrogens (tertiary/aromatic N) is 6. The van der Waals surface area contributed by atoms with Gasteiger partial charge in [-0.05, 0) is 137 Å². The van der Waals surface area contributed by atoms with Crippen molar-refractivity contribution in [2.75, 3.05) is 69.8 Å². The number of nitrogen functional groups attached to an aromatic ring is 2. The molecule has 28 nitrogen and oxygen atoms in total. The number of nitrogens with two attached hydrogens (primary N) is 2. The van der Waals surface area contributed by atoms with Crippen molar-refractivity contribution >= 4 is 118 Å². The summed E-state index contributed by atoms with van der Waals surface area (Å²) in [5, 5.41) is 38.2. The Morgan fingerprint density at radius 3 is 1.04 bits per heavy atom. The van der Waals surface area contributed by atoms with Gasteiger partial charge in [-0.2, -0.15) is 79.0 Å². The number of carboxylic acids is 2. The van der Waals surface area contributed by atoms with E-state index in [4.69, 9.17) is 36.3 Å². The van der Waals surface area contributed by atoms with Crippen LogP contribution in [0.15, 0.2) is 280 Å². The summed E-state index contributed by atoms with van der Waals surface area (Å²) >= 11 is 2.90. The van der Waals surface area contributed by atoms with E-state index in [9.17, 15) is 112 Å². The Balaban J connectivity index is 0.000000242. The van der Waals surface area contributed by atoms with Crippen LogP contribution in [0.1, 0.15) is 47.0 Å². The Morgan fingerprint density at radius 2 is 0.738 bits per heavy atom. The zero-order valence-electron chi connectivity index (χ0n) is 79.1. The summed E-state index contributed by atoms with van der Waals surface area (Å²) in [4.78, 5) is 76.0. The molecule has 50 heteroatoms. The molecule has 0 aliphatic heterocycles. The van der Waals surface area contributed by atoms with Crippen molar-refractivity contribution in [3.63, 3.8) is 0 Å². The first-order valence-electron chi connectivity index (χ1n) is 44.0. The van der Waals surface area contributed by atoms with Crippen molar-refractivity contribution in [2.24, 2.45) is 20.0 Å².